The second kappa shape index (κ2) is 7.80. The third-order valence-corrected chi connectivity index (χ3v) is 5.53. The number of hydrogen-bond donors (Lipinski definition) is 1. The van der Waals surface area contributed by atoms with Crippen molar-refractivity contribution in [3.63, 3.8) is 0 Å². The van der Waals surface area contributed by atoms with Crippen molar-refractivity contribution < 1.29 is 0 Å². The number of nitrogens with zero attached hydrogens (tertiary/aromatic N) is 2. The monoisotopic (exact) mass is 371 g/mol. The van der Waals surface area contributed by atoms with Crippen LogP contribution in [-0.4, -0.2) is 16.5 Å². The van der Waals surface area contributed by atoms with E-state index in [1.165, 1.54) is 16.0 Å². The summed E-state index contributed by atoms with van der Waals surface area (Å²) in [6, 6.07) is 25.3. The first-order valence-corrected chi connectivity index (χ1v) is 10.2. The summed E-state index contributed by atoms with van der Waals surface area (Å²) in [5.41, 5.74) is 10.7. The summed E-state index contributed by atoms with van der Waals surface area (Å²) in [7, 11) is 0. The molecule has 3 nitrogen and oxygen atoms in total. The molecule has 0 spiro atoms. The average molecular weight is 372 g/mol. The Bertz CT molecular complexity index is 1080. The number of anilines is 1. The molecule has 4 heteroatoms. The van der Waals surface area contributed by atoms with Gasteiger partial charge in [0.25, 0.3) is 0 Å². The van der Waals surface area contributed by atoms with Gasteiger partial charge in [0.15, 0.2) is 5.82 Å². The molecule has 1 heterocycles. The lowest BCUT2D eigenvalue weighted by Crippen LogP contribution is -2.00. The third-order valence-electron chi connectivity index (χ3n) is 4.81. The minimum Gasteiger partial charge on any atom is -0.382 e. The number of nitrogens with two attached hydrogens (primary N) is 1. The standard InChI is InChI=1S/C23H21N3S/c1-27-18-13-14-19(17(15-18)12-11-16-7-3-2-4-8-16)22-20-9-5-6-10-21(20)23(24)26-25-22/h2-10,13-15H,11-12H2,1H3,(H2,24,26). The molecule has 0 amide bonds. The van der Waals surface area contributed by atoms with Gasteiger partial charge in [-0.2, -0.15) is 0 Å². The highest BCUT2D eigenvalue weighted by atomic mass is 32.2. The highest BCUT2D eigenvalue weighted by Crippen LogP contribution is 2.33. The highest BCUT2D eigenvalue weighted by molar-refractivity contribution is 7.98. The predicted molar refractivity (Wildman–Crippen MR) is 115 cm³/mol. The number of benzene rings is 3. The highest BCUT2D eigenvalue weighted by Gasteiger charge is 2.13. The number of aryl methyl sites for hydroxylation is 2. The summed E-state index contributed by atoms with van der Waals surface area (Å²) < 4.78 is 0. The van der Waals surface area contributed by atoms with Crippen molar-refractivity contribution in [1.29, 1.82) is 0 Å². The molecule has 4 aromatic rings. The molecule has 0 aliphatic rings. The Morgan fingerprint density at radius 1 is 0.815 bits per heavy atom. The number of hydrogen-bond acceptors (Lipinski definition) is 4. The number of fused-ring (bicyclic) bond motifs is 1. The van der Waals surface area contributed by atoms with Crippen molar-refractivity contribution >= 4 is 28.4 Å². The van der Waals surface area contributed by atoms with Crippen LogP contribution in [0.5, 0.6) is 0 Å². The van der Waals surface area contributed by atoms with Crippen LogP contribution >= 0.6 is 11.8 Å². The molecule has 0 saturated carbocycles. The van der Waals surface area contributed by atoms with Crippen LogP contribution in [0.2, 0.25) is 0 Å². The lowest BCUT2D eigenvalue weighted by Gasteiger charge is -2.13. The predicted octanol–water partition coefficient (Wildman–Crippen LogP) is 5.39. The van der Waals surface area contributed by atoms with Crippen molar-refractivity contribution in [2.24, 2.45) is 0 Å². The smallest absolute Gasteiger partial charge is 0.154 e. The van der Waals surface area contributed by atoms with Crippen LogP contribution in [0.3, 0.4) is 0 Å². The molecule has 134 valence electrons. The quantitative estimate of drug-likeness (QED) is 0.478. The van der Waals surface area contributed by atoms with E-state index in [9.17, 15) is 0 Å². The fourth-order valence-corrected chi connectivity index (χ4v) is 3.85. The van der Waals surface area contributed by atoms with Crippen LogP contribution in [0.1, 0.15) is 11.1 Å². The molecule has 0 saturated heterocycles. The normalized spacial score (nSPS) is 11.0. The van der Waals surface area contributed by atoms with Gasteiger partial charge in [-0.1, -0.05) is 60.7 Å². The Balaban J connectivity index is 1.80. The zero-order chi connectivity index (χ0) is 18.6. The second-order valence-electron chi connectivity index (χ2n) is 6.49. The maximum absolute atomic E-state index is 6.04. The third kappa shape index (κ3) is 3.67. The Kier molecular flexibility index (Phi) is 5.07. The van der Waals surface area contributed by atoms with Gasteiger partial charge in [0, 0.05) is 21.2 Å². The van der Waals surface area contributed by atoms with Crippen molar-refractivity contribution in [3.8, 4) is 11.3 Å². The molecule has 1 aromatic heterocycles. The summed E-state index contributed by atoms with van der Waals surface area (Å²) >= 11 is 1.76. The first-order chi connectivity index (χ1) is 13.3. The van der Waals surface area contributed by atoms with Crippen LogP contribution < -0.4 is 5.73 Å². The summed E-state index contributed by atoms with van der Waals surface area (Å²) in [4.78, 5) is 1.26. The maximum atomic E-state index is 6.04. The summed E-state index contributed by atoms with van der Waals surface area (Å²) in [6.07, 6.45) is 4.05. The van der Waals surface area contributed by atoms with Gasteiger partial charge >= 0.3 is 0 Å². The topological polar surface area (TPSA) is 51.8 Å². The van der Waals surface area contributed by atoms with Gasteiger partial charge in [0.2, 0.25) is 0 Å². The molecule has 27 heavy (non-hydrogen) atoms. The van der Waals surface area contributed by atoms with E-state index in [0.29, 0.717) is 5.82 Å². The molecule has 4 rings (SSSR count). The number of thioether (sulfide) groups is 1. The van der Waals surface area contributed by atoms with Gasteiger partial charge in [-0.15, -0.1) is 22.0 Å². The molecule has 0 atom stereocenters. The van der Waals surface area contributed by atoms with E-state index in [0.717, 1.165) is 34.9 Å². The van der Waals surface area contributed by atoms with Crippen LogP contribution in [0, 0.1) is 0 Å². The largest absolute Gasteiger partial charge is 0.382 e. The minimum atomic E-state index is 0.473. The first kappa shape index (κ1) is 17.6. The van der Waals surface area contributed by atoms with Crippen molar-refractivity contribution in [1.82, 2.24) is 10.2 Å². The fraction of sp³-hybridized carbons (Fsp3) is 0.130. The van der Waals surface area contributed by atoms with Gasteiger partial charge in [0.05, 0.1) is 0 Å². The van der Waals surface area contributed by atoms with Gasteiger partial charge in [-0.05, 0) is 42.4 Å². The molecular formula is C23H21N3S. The molecule has 2 N–H and O–H groups in total. The molecular weight excluding hydrogens is 350 g/mol. The lowest BCUT2D eigenvalue weighted by molar-refractivity contribution is 0.953. The number of rotatable bonds is 5. The Hall–Kier alpha value is -2.85. The molecule has 0 radical (unpaired) electrons. The van der Waals surface area contributed by atoms with Crippen LogP contribution in [0.4, 0.5) is 5.82 Å². The van der Waals surface area contributed by atoms with E-state index < -0.39 is 0 Å². The molecule has 0 bridgehead atoms. The first-order valence-electron chi connectivity index (χ1n) is 8.98. The zero-order valence-corrected chi connectivity index (χ0v) is 16.0. The maximum Gasteiger partial charge on any atom is 0.154 e. The Labute approximate surface area is 163 Å². The summed E-state index contributed by atoms with van der Waals surface area (Å²) in [6.45, 7) is 0. The summed E-state index contributed by atoms with van der Waals surface area (Å²) in [5.74, 6) is 0.473. The van der Waals surface area contributed by atoms with Gasteiger partial charge in [-0.3, -0.25) is 0 Å². The zero-order valence-electron chi connectivity index (χ0n) is 15.2. The number of aromatic nitrogens is 2. The van der Waals surface area contributed by atoms with E-state index >= 15 is 0 Å². The van der Waals surface area contributed by atoms with E-state index in [1.807, 2.05) is 18.2 Å². The van der Waals surface area contributed by atoms with Crippen LogP contribution in [0.15, 0.2) is 77.7 Å². The van der Waals surface area contributed by atoms with Gasteiger partial charge < -0.3 is 5.73 Å². The van der Waals surface area contributed by atoms with Crippen LogP contribution in [-0.2, 0) is 12.8 Å². The fourth-order valence-electron chi connectivity index (χ4n) is 3.38. The average Bonchev–Trinajstić information content (AvgIpc) is 2.73. The van der Waals surface area contributed by atoms with Gasteiger partial charge in [-0.25, -0.2) is 0 Å². The Morgan fingerprint density at radius 3 is 2.33 bits per heavy atom. The van der Waals surface area contributed by atoms with E-state index in [1.54, 1.807) is 11.8 Å². The Morgan fingerprint density at radius 2 is 1.56 bits per heavy atom. The van der Waals surface area contributed by atoms with E-state index in [2.05, 4.69) is 71.1 Å². The second-order valence-corrected chi connectivity index (χ2v) is 7.37. The number of nitrogen functional groups attached to an aromatic ring is 1. The molecule has 0 aliphatic heterocycles. The van der Waals surface area contributed by atoms with Crippen molar-refractivity contribution in [2.45, 2.75) is 17.7 Å². The van der Waals surface area contributed by atoms with Crippen molar-refractivity contribution in [3.05, 3.63) is 83.9 Å². The molecule has 0 fully saturated rings. The van der Waals surface area contributed by atoms with Crippen molar-refractivity contribution in [2.75, 3.05) is 12.0 Å². The van der Waals surface area contributed by atoms with E-state index in [-0.39, 0.29) is 0 Å². The molecule has 0 aliphatic carbocycles. The molecule has 3 aromatic carbocycles. The SMILES string of the molecule is CSc1ccc(-c2nnc(N)c3ccccc23)c(CCc2ccccc2)c1. The van der Waals surface area contributed by atoms with Crippen LogP contribution in [0.25, 0.3) is 22.0 Å². The lowest BCUT2D eigenvalue weighted by atomic mass is 9.95. The minimum absolute atomic E-state index is 0.473. The summed E-state index contributed by atoms with van der Waals surface area (Å²) in [5, 5.41) is 10.7. The van der Waals surface area contributed by atoms with Gasteiger partial charge in [0.1, 0.15) is 5.69 Å². The molecule has 0 unspecified atom stereocenters. The van der Waals surface area contributed by atoms with E-state index in [4.69, 9.17) is 5.73 Å².